The molecule has 1 fully saturated rings. The highest BCUT2D eigenvalue weighted by Gasteiger charge is 2.23. The predicted octanol–water partition coefficient (Wildman–Crippen LogP) is 2.90. The molecule has 0 atom stereocenters. The number of aryl methyl sites for hydroxylation is 1. The van der Waals surface area contributed by atoms with E-state index in [1.54, 1.807) is 11.8 Å². The van der Waals surface area contributed by atoms with E-state index in [1.807, 2.05) is 7.05 Å². The highest BCUT2D eigenvalue weighted by molar-refractivity contribution is 7.10. The standard InChI is InChI=1S/C21H21F2N7O2S/c1-12-18(19(31)25-13-3-4-14(22)15(23)9-13)20(33-28-12)27-17-11-24-10-16(26-17)21(32)30-7-5-29(2)6-8-30/h3-4,9-11H,5-8H2,1-2H3,(H,25,31)(H,26,27). The summed E-state index contributed by atoms with van der Waals surface area (Å²) in [5.74, 6) is -2.55. The summed E-state index contributed by atoms with van der Waals surface area (Å²) in [5.41, 5.74) is 0.969. The number of likely N-dealkylation sites (N-methyl/N-ethyl adjacent to an activating group) is 1. The first-order valence-corrected chi connectivity index (χ1v) is 10.9. The average molecular weight is 474 g/mol. The SMILES string of the molecule is Cc1nsc(Nc2cncc(C(=O)N3CCN(C)CC3)n2)c1C(=O)Nc1ccc(F)c(F)c1. The third-order valence-corrected chi connectivity index (χ3v) is 6.01. The van der Waals surface area contributed by atoms with Crippen molar-refractivity contribution in [3.63, 3.8) is 0 Å². The minimum Gasteiger partial charge on any atom is -0.335 e. The summed E-state index contributed by atoms with van der Waals surface area (Å²) in [6, 6.07) is 3.09. The van der Waals surface area contributed by atoms with E-state index in [0.29, 0.717) is 23.8 Å². The van der Waals surface area contributed by atoms with Gasteiger partial charge in [-0.2, -0.15) is 4.37 Å². The van der Waals surface area contributed by atoms with Gasteiger partial charge in [-0.25, -0.2) is 13.8 Å². The van der Waals surface area contributed by atoms with Crippen molar-refractivity contribution in [1.29, 1.82) is 0 Å². The summed E-state index contributed by atoms with van der Waals surface area (Å²) in [4.78, 5) is 37.9. The topological polar surface area (TPSA) is 103 Å². The minimum absolute atomic E-state index is 0.106. The molecular formula is C21H21F2N7O2S. The molecule has 0 radical (unpaired) electrons. The lowest BCUT2D eigenvalue weighted by molar-refractivity contribution is 0.0657. The smallest absolute Gasteiger partial charge is 0.274 e. The molecule has 33 heavy (non-hydrogen) atoms. The summed E-state index contributed by atoms with van der Waals surface area (Å²) < 4.78 is 30.8. The van der Waals surface area contributed by atoms with Gasteiger partial charge in [0.2, 0.25) is 0 Å². The molecule has 1 saturated heterocycles. The zero-order valence-electron chi connectivity index (χ0n) is 17.9. The number of carbonyl (C=O) groups is 2. The molecule has 0 bridgehead atoms. The monoisotopic (exact) mass is 473 g/mol. The normalized spacial score (nSPS) is 14.2. The number of benzene rings is 1. The summed E-state index contributed by atoms with van der Waals surface area (Å²) in [5, 5.41) is 5.91. The Hall–Kier alpha value is -3.51. The van der Waals surface area contributed by atoms with Gasteiger partial charge in [-0.1, -0.05) is 0 Å². The number of amides is 2. The first-order valence-electron chi connectivity index (χ1n) is 10.1. The van der Waals surface area contributed by atoms with Crippen LogP contribution in [0.5, 0.6) is 0 Å². The van der Waals surface area contributed by atoms with Crippen molar-refractivity contribution >= 4 is 39.9 Å². The van der Waals surface area contributed by atoms with Gasteiger partial charge < -0.3 is 20.4 Å². The number of nitrogens with one attached hydrogen (secondary N) is 2. The van der Waals surface area contributed by atoms with Crippen LogP contribution in [0.15, 0.2) is 30.6 Å². The Bertz CT molecular complexity index is 1200. The van der Waals surface area contributed by atoms with Crippen LogP contribution in [0.25, 0.3) is 0 Å². The van der Waals surface area contributed by atoms with E-state index < -0.39 is 17.5 Å². The lowest BCUT2D eigenvalue weighted by atomic mass is 10.2. The van der Waals surface area contributed by atoms with E-state index in [0.717, 1.165) is 36.8 Å². The van der Waals surface area contributed by atoms with E-state index in [4.69, 9.17) is 0 Å². The van der Waals surface area contributed by atoms with Gasteiger partial charge in [0.05, 0.1) is 23.7 Å². The number of piperazine rings is 1. The third kappa shape index (κ3) is 5.12. The number of carbonyl (C=O) groups excluding carboxylic acids is 2. The van der Waals surface area contributed by atoms with Gasteiger partial charge in [-0.05, 0) is 37.6 Å². The maximum Gasteiger partial charge on any atom is 0.274 e. The van der Waals surface area contributed by atoms with Crippen LogP contribution in [0.2, 0.25) is 0 Å². The van der Waals surface area contributed by atoms with Crippen molar-refractivity contribution < 1.29 is 18.4 Å². The van der Waals surface area contributed by atoms with Crippen molar-refractivity contribution in [2.75, 3.05) is 43.9 Å². The van der Waals surface area contributed by atoms with Crippen LogP contribution < -0.4 is 10.6 Å². The molecule has 0 aliphatic carbocycles. The zero-order valence-corrected chi connectivity index (χ0v) is 18.7. The second kappa shape index (κ2) is 9.55. The highest BCUT2D eigenvalue weighted by atomic mass is 32.1. The van der Waals surface area contributed by atoms with Crippen LogP contribution in [0.3, 0.4) is 0 Å². The average Bonchev–Trinajstić information content (AvgIpc) is 3.16. The molecule has 3 heterocycles. The lowest BCUT2D eigenvalue weighted by Crippen LogP contribution is -2.47. The van der Waals surface area contributed by atoms with Crippen LogP contribution in [0, 0.1) is 18.6 Å². The fraction of sp³-hybridized carbons (Fsp3) is 0.286. The minimum atomic E-state index is -1.07. The fourth-order valence-corrected chi connectivity index (χ4v) is 4.11. The number of hydrogen-bond donors (Lipinski definition) is 2. The zero-order chi connectivity index (χ0) is 23.5. The molecule has 0 spiro atoms. The molecule has 3 aromatic rings. The molecule has 0 unspecified atom stereocenters. The summed E-state index contributed by atoms with van der Waals surface area (Å²) in [6.45, 7) is 4.44. The van der Waals surface area contributed by atoms with Crippen LogP contribution in [-0.2, 0) is 0 Å². The summed E-state index contributed by atoms with van der Waals surface area (Å²) in [6.07, 6.45) is 2.84. The van der Waals surface area contributed by atoms with Crippen molar-refractivity contribution in [2.24, 2.45) is 0 Å². The number of halogens is 2. The Balaban J connectivity index is 1.51. The Morgan fingerprint density at radius 2 is 1.85 bits per heavy atom. The molecule has 0 saturated carbocycles. The number of hydrogen-bond acceptors (Lipinski definition) is 8. The molecule has 12 heteroatoms. The van der Waals surface area contributed by atoms with Crippen LogP contribution in [0.4, 0.5) is 25.3 Å². The van der Waals surface area contributed by atoms with Gasteiger partial charge >= 0.3 is 0 Å². The molecule has 1 aromatic carbocycles. The Morgan fingerprint density at radius 1 is 1.09 bits per heavy atom. The molecule has 9 nitrogen and oxygen atoms in total. The van der Waals surface area contributed by atoms with Gasteiger partial charge in [0, 0.05) is 37.9 Å². The van der Waals surface area contributed by atoms with E-state index in [9.17, 15) is 18.4 Å². The Morgan fingerprint density at radius 3 is 2.58 bits per heavy atom. The highest BCUT2D eigenvalue weighted by Crippen LogP contribution is 2.28. The fourth-order valence-electron chi connectivity index (χ4n) is 3.31. The van der Waals surface area contributed by atoms with Crippen LogP contribution in [0.1, 0.15) is 26.5 Å². The molecule has 2 aromatic heterocycles. The lowest BCUT2D eigenvalue weighted by Gasteiger charge is -2.32. The first kappa shape index (κ1) is 22.7. The van der Waals surface area contributed by atoms with Crippen molar-refractivity contribution in [3.05, 3.63) is 59.2 Å². The van der Waals surface area contributed by atoms with Crippen LogP contribution in [-0.4, -0.2) is 69.2 Å². The Kier molecular flexibility index (Phi) is 6.56. The molecule has 4 rings (SSSR count). The van der Waals surface area contributed by atoms with Gasteiger partial charge in [0.1, 0.15) is 16.5 Å². The maximum absolute atomic E-state index is 13.5. The van der Waals surface area contributed by atoms with Gasteiger partial charge in [-0.3, -0.25) is 14.6 Å². The van der Waals surface area contributed by atoms with Crippen molar-refractivity contribution in [3.8, 4) is 0 Å². The number of nitrogens with zero attached hydrogens (tertiary/aromatic N) is 5. The van der Waals surface area contributed by atoms with Crippen LogP contribution >= 0.6 is 11.5 Å². The molecule has 1 aliphatic rings. The van der Waals surface area contributed by atoms with Crippen molar-refractivity contribution in [1.82, 2.24) is 24.1 Å². The number of rotatable bonds is 5. The molecule has 2 amide bonds. The van der Waals surface area contributed by atoms with Gasteiger partial charge in [0.25, 0.3) is 11.8 Å². The third-order valence-electron chi connectivity index (χ3n) is 5.15. The Labute approximate surface area is 192 Å². The number of anilines is 3. The van der Waals surface area contributed by atoms with E-state index in [-0.39, 0.29) is 28.7 Å². The molecule has 172 valence electrons. The van der Waals surface area contributed by atoms with Gasteiger partial charge in [0.15, 0.2) is 11.6 Å². The predicted molar refractivity (Wildman–Crippen MR) is 120 cm³/mol. The summed E-state index contributed by atoms with van der Waals surface area (Å²) >= 11 is 1.03. The molecule has 2 N–H and O–H groups in total. The first-order chi connectivity index (χ1) is 15.8. The van der Waals surface area contributed by atoms with Crippen molar-refractivity contribution in [2.45, 2.75) is 6.92 Å². The van der Waals surface area contributed by atoms with E-state index in [2.05, 4.69) is 29.9 Å². The van der Waals surface area contributed by atoms with E-state index in [1.165, 1.54) is 18.5 Å². The quantitative estimate of drug-likeness (QED) is 0.587. The largest absolute Gasteiger partial charge is 0.335 e. The second-order valence-corrected chi connectivity index (χ2v) is 8.34. The molecule has 1 aliphatic heterocycles. The number of aromatic nitrogens is 3. The van der Waals surface area contributed by atoms with Gasteiger partial charge in [-0.15, -0.1) is 0 Å². The second-order valence-electron chi connectivity index (χ2n) is 7.57. The van der Waals surface area contributed by atoms with E-state index >= 15 is 0 Å². The summed E-state index contributed by atoms with van der Waals surface area (Å²) in [7, 11) is 2.00. The molecular weight excluding hydrogens is 452 g/mol. The maximum atomic E-state index is 13.5.